The number of aromatic nitrogens is 3. The predicted octanol–water partition coefficient (Wildman–Crippen LogP) is 4.04. The van der Waals surface area contributed by atoms with Gasteiger partial charge in [0.2, 0.25) is 0 Å². The van der Waals surface area contributed by atoms with Crippen molar-refractivity contribution in [2.45, 2.75) is 6.54 Å². The van der Waals surface area contributed by atoms with Gasteiger partial charge in [-0.1, -0.05) is 23.7 Å². The fourth-order valence-corrected chi connectivity index (χ4v) is 3.71. The maximum atomic E-state index is 13.2. The van der Waals surface area contributed by atoms with Crippen LogP contribution in [0.4, 0.5) is 0 Å². The highest BCUT2D eigenvalue weighted by molar-refractivity contribution is 7.71. The summed E-state index contributed by atoms with van der Waals surface area (Å²) >= 11 is 11.3. The molecule has 0 atom stereocenters. The fourth-order valence-electron chi connectivity index (χ4n) is 3.30. The Morgan fingerprint density at radius 1 is 1.12 bits per heavy atom. The Kier molecular flexibility index (Phi) is 6.43. The fraction of sp³-hybridized carbons (Fsp3) is 0.130. The van der Waals surface area contributed by atoms with Crippen molar-refractivity contribution in [3.63, 3.8) is 0 Å². The molecule has 2 heterocycles. The third kappa shape index (κ3) is 4.59. The molecule has 0 fully saturated rings. The molecule has 10 heteroatoms. The van der Waals surface area contributed by atoms with Crippen molar-refractivity contribution in [3.8, 4) is 17.4 Å². The third-order valence-corrected chi connectivity index (χ3v) is 5.52. The lowest BCUT2D eigenvalue weighted by Gasteiger charge is -2.11. The molecular formula is C23H19ClN4O4S. The van der Waals surface area contributed by atoms with Crippen LogP contribution >= 0.6 is 23.8 Å². The molecule has 0 aliphatic rings. The van der Waals surface area contributed by atoms with Gasteiger partial charge < -0.3 is 19.8 Å². The van der Waals surface area contributed by atoms with Crippen LogP contribution in [-0.4, -0.2) is 34.7 Å². The van der Waals surface area contributed by atoms with E-state index in [9.17, 15) is 9.59 Å². The Morgan fingerprint density at radius 3 is 2.58 bits per heavy atom. The minimum atomic E-state index is -0.374. The van der Waals surface area contributed by atoms with Crippen LogP contribution in [0.25, 0.3) is 16.7 Å². The van der Waals surface area contributed by atoms with Crippen molar-refractivity contribution >= 4 is 40.6 Å². The summed E-state index contributed by atoms with van der Waals surface area (Å²) in [6.45, 7) is 0.344. The maximum absolute atomic E-state index is 13.2. The quantitative estimate of drug-likeness (QED) is 0.402. The van der Waals surface area contributed by atoms with E-state index < -0.39 is 0 Å². The second kappa shape index (κ2) is 9.43. The first kappa shape index (κ1) is 22.5. The van der Waals surface area contributed by atoms with Gasteiger partial charge in [0.1, 0.15) is 5.82 Å². The number of methoxy groups -OCH3 is 2. The number of nitrogens with zero attached hydrogens (tertiary/aromatic N) is 2. The first-order valence-electron chi connectivity index (χ1n) is 9.82. The van der Waals surface area contributed by atoms with E-state index in [2.05, 4.69) is 15.3 Å². The van der Waals surface area contributed by atoms with Gasteiger partial charge in [0.05, 0.1) is 25.1 Å². The number of rotatable bonds is 6. The van der Waals surface area contributed by atoms with Crippen LogP contribution in [0.2, 0.25) is 5.02 Å². The summed E-state index contributed by atoms with van der Waals surface area (Å²) < 4.78 is 11.8. The van der Waals surface area contributed by atoms with E-state index in [0.717, 1.165) is 5.56 Å². The normalized spacial score (nSPS) is 10.8. The first-order chi connectivity index (χ1) is 15.9. The minimum absolute atomic E-state index is 0.131. The van der Waals surface area contributed by atoms with Crippen LogP contribution in [-0.2, 0) is 6.54 Å². The molecule has 1 amide bonds. The lowest BCUT2D eigenvalue weighted by molar-refractivity contribution is 0.0951. The average Bonchev–Trinajstić information content (AvgIpc) is 2.83. The van der Waals surface area contributed by atoms with Crippen LogP contribution in [0.3, 0.4) is 0 Å². The Bertz CT molecular complexity index is 1460. The molecular weight excluding hydrogens is 464 g/mol. The number of benzene rings is 2. The van der Waals surface area contributed by atoms with E-state index in [4.69, 9.17) is 33.3 Å². The Labute approximate surface area is 198 Å². The molecule has 0 bridgehead atoms. The van der Waals surface area contributed by atoms with E-state index in [1.54, 1.807) is 42.5 Å². The molecule has 168 valence electrons. The van der Waals surface area contributed by atoms with E-state index in [1.807, 2.05) is 12.1 Å². The van der Waals surface area contributed by atoms with Crippen LogP contribution in [0.1, 0.15) is 15.9 Å². The molecule has 4 rings (SSSR count). The second-order valence-corrected chi connectivity index (χ2v) is 7.84. The zero-order valence-electron chi connectivity index (χ0n) is 17.7. The number of halogens is 1. The Morgan fingerprint density at radius 2 is 1.88 bits per heavy atom. The van der Waals surface area contributed by atoms with Crippen LogP contribution < -0.4 is 20.3 Å². The van der Waals surface area contributed by atoms with Crippen LogP contribution in [0, 0.1) is 4.77 Å². The molecule has 0 saturated heterocycles. The van der Waals surface area contributed by atoms with Gasteiger partial charge >= 0.3 is 0 Å². The lowest BCUT2D eigenvalue weighted by atomic mass is 10.1. The molecule has 2 N–H and O–H groups in total. The van der Waals surface area contributed by atoms with E-state index in [0.29, 0.717) is 33.8 Å². The summed E-state index contributed by atoms with van der Waals surface area (Å²) in [5, 5.41) is 3.83. The van der Waals surface area contributed by atoms with Crippen LogP contribution in [0.15, 0.2) is 59.4 Å². The van der Waals surface area contributed by atoms with Crippen LogP contribution in [0.5, 0.6) is 11.6 Å². The predicted molar refractivity (Wildman–Crippen MR) is 128 cm³/mol. The number of ether oxygens (including phenoxy) is 2. The van der Waals surface area contributed by atoms with Crippen molar-refractivity contribution in [2.24, 2.45) is 0 Å². The Hall–Kier alpha value is -3.69. The highest BCUT2D eigenvalue weighted by atomic mass is 35.5. The molecule has 0 radical (unpaired) electrons. The molecule has 2 aromatic heterocycles. The van der Waals surface area contributed by atoms with Crippen molar-refractivity contribution < 1.29 is 14.3 Å². The molecule has 0 unspecified atom stereocenters. The van der Waals surface area contributed by atoms with Gasteiger partial charge in [-0.3, -0.25) is 9.59 Å². The number of aromatic amines is 1. The van der Waals surface area contributed by atoms with Gasteiger partial charge in [0.15, 0.2) is 10.5 Å². The Balaban J connectivity index is 1.66. The largest absolute Gasteiger partial charge is 0.491 e. The average molecular weight is 483 g/mol. The molecule has 33 heavy (non-hydrogen) atoms. The van der Waals surface area contributed by atoms with Gasteiger partial charge in [0, 0.05) is 17.1 Å². The number of nitrogens with one attached hydrogen (secondary N) is 2. The zero-order valence-corrected chi connectivity index (χ0v) is 19.3. The van der Waals surface area contributed by atoms with Gasteiger partial charge in [-0.05, 0) is 60.2 Å². The highest BCUT2D eigenvalue weighted by Crippen LogP contribution is 2.25. The van der Waals surface area contributed by atoms with E-state index in [-0.39, 0.29) is 27.9 Å². The molecule has 8 nitrogen and oxygen atoms in total. The van der Waals surface area contributed by atoms with Gasteiger partial charge in [-0.2, -0.15) is 4.98 Å². The zero-order chi connectivity index (χ0) is 23.5. The first-order valence-corrected chi connectivity index (χ1v) is 10.6. The molecule has 0 spiro atoms. The van der Waals surface area contributed by atoms with Gasteiger partial charge in [0.25, 0.3) is 17.3 Å². The lowest BCUT2D eigenvalue weighted by Crippen LogP contribution is -2.24. The number of pyridine rings is 1. The molecule has 2 aromatic carbocycles. The maximum Gasteiger partial charge on any atom is 0.267 e. The molecule has 4 aromatic rings. The smallest absolute Gasteiger partial charge is 0.267 e. The summed E-state index contributed by atoms with van der Waals surface area (Å²) in [6.07, 6.45) is 0. The number of hydrogen-bond acceptors (Lipinski definition) is 6. The number of H-pyrrole nitrogens is 1. The summed E-state index contributed by atoms with van der Waals surface area (Å²) in [5.74, 6) is 0.658. The summed E-state index contributed by atoms with van der Waals surface area (Å²) in [5.41, 5.74) is 1.38. The standard InChI is InChI=1S/C23H19ClN4O4S/c1-31-18-9-10-19(27-21(18)32-2)28-22(30)16-8-5-14(11-17(16)26-23(28)33)20(29)25-12-13-3-6-15(24)7-4-13/h3-11H,12H2,1-2H3,(H,25,29)(H,26,33). The number of amides is 1. The number of hydrogen-bond donors (Lipinski definition) is 2. The SMILES string of the molecule is COc1ccc(-n2c(=S)[nH]c3cc(C(=O)NCc4ccc(Cl)cc4)ccc3c2=O)nc1OC. The summed E-state index contributed by atoms with van der Waals surface area (Å²) in [7, 11) is 2.95. The molecule has 0 aliphatic heterocycles. The van der Waals surface area contributed by atoms with E-state index in [1.165, 1.54) is 18.8 Å². The molecule has 0 aliphatic carbocycles. The number of carbonyl (C=O) groups excluding carboxylic acids is 1. The third-order valence-electron chi connectivity index (χ3n) is 4.98. The monoisotopic (exact) mass is 482 g/mol. The molecule has 0 saturated carbocycles. The van der Waals surface area contributed by atoms with Crippen molar-refractivity contribution in [1.29, 1.82) is 0 Å². The van der Waals surface area contributed by atoms with Gasteiger partial charge in [-0.15, -0.1) is 0 Å². The minimum Gasteiger partial charge on any atom is -0.491 e. The number of fused-ring (bicyclic) bond motifs is 1. The number of carbonyl (C=O) groups is 1. The topological polar surface area (TPSA) is 98.2 Å². The second-order valence-electron chi connectivity index (χ2n) is 7.02. The summed E-state index contributed by atoms with van der Waals surface area (Å²) in [4.78, 5) is 33.1. The van der Waals surface area contributed by atoms with Gasteiger partial charge in [-0.25, -0.2) is 4.57 Å². The van der Waals surface area contributed by atoms with Crippen molar-refractivity contribution in [1.82, 2.24) is 19.9 Å². The highest BCUT2D eigenvalue weighted by Gasteiger charge is 2.14. The van der Waals surface area contributed by atoms with Crippen molar-refractivity contribution in [3.05, 3.63) is 85.9 Å². The summed E-state index contributed by atoms with van der Waals surface area (Å²) in [6, 6.07) is 15.2. The van der Waals surface area contributed by atoms with E-state index >= 15 is 0 Å². The van der Waals surface area contributed by atoms with Crippen molar-refractivity contribution in [2.75, 3.05) is 14.2 Å².